The van der Waals surface area contributed by atoms with Gasteiger partial charge in [-0.1, -0.05) is 6.92 Å². The van der Waals surface area contributed by atoms with E-state index in [0.29, 0.717) is 0 Å². The molecule has 0 fully saturated rings. The topological polar surface area (TPSA) is 49.7 Å². The minimum absolute atomic E-state index is 0.0243. The van der Waals surface area contributed by atoms with Crippen LogP contribution < -0.4 is 0 Å². The molecule has 2 N–H and O–H groups in total. The Balaban J connectivity index is 3.79. The van der Waals surface area contributed by atoms with Crippen LogP contribution in [-0.4, -0.2) is 43.1 Å². The SMILES string of the molecule is [B][C@](F)(CC)OC(CO)CO. The van der Waals surface area contributed by atoms with Crippen molar-refractivity contribution in [3.05, 3.63) is 0 Å². The minimum Gasteiger partial charge on any atom is -0.394 e. The van der Waals surface area contributed by atoms with Crippen molar-refractivity contribution in [3.63, 3.8) is 0 Å². The Labute approximate surface area is 66.6 Å². The molecule has 1 atom stereocenters. The maximum absolute atomic E-state index is 12.8. The lowest BCUT2D eigenvalue weighted by Gasteiger charge is -2.24. The Morgan fingerprint density at radius 2 is 2.00 bits per heavy atom. The van der Waals surface area contributed by atoms with E-state index in [0.717, 1.165) is 0 Å². The highest BCUT2D eigenvalue weighted by atomic mass is 19.2. The first-order valence-electron chi connectivity index (χ1n) is 3.43. The average molecular weight is 162 g/mol. The molecule has 0 aliphatic heterocycles. The summed E-state index contributed by atoms with van der Waals surface area (Å²) in [6, 6.07) is 0. The zero-order valence-corrected chi connectivity index (χ0v) is 6.46. The lowest BCUT2D eigenvalue weighted by molar-refractivity contribution is -0.146. The smallest absolute Gasteiger partial charge is 0.161 e. The van der Waals surface area contributed by atoms with Crippen LogP contribution in [0.4, 0.5) is 4.39 Å². The van der Waals surface area contributed by atoms with E-state index < -0.39 is 25.1 Å². The number of alkyl halides is 1. The number of rotatable bonds is 5. The summed E-state index contributed by atoms with van der Waals surface area (Å²) in [7, 11) is 4.96. The molecular weight excluding hydrogens is 150 g/mol. The monoisotopic (exact) mass is 162 g/mol. The molecule has 0 saturated heterocycles. The van der Waals surface area contributed by atoms with Gasteiger partial charge in [0.05, 0.1) is 13.2 Å². The predicted molar refractivity (Wildman–Crippen MR) is 38.9 cm³/mol. The molecular formula is C6H12BFO3. The van der Waals surface area contributed by atoms with Crippen LogP contribution in [0.25, 0.3) is 0 Å². The molecule has 2 radical (unpaired) electrons. The summed E-state index contributed by atoms with van der Waals surface area (Å²) in [5.74, 6) is -2.25. The second-order valence-electron chi connectivity index (χ2n) is 2.24. The largest absolute Gasteiger partial charge is 0.394 e. The number of halogens is 1. The van der Waals surface area contributed by atoms with Crippen molar-refractivity contribution in [2.45, 2.75) is 25.2 Å². The Morgan fingerprint density at radius 1 is 1.55 bits per heavy atom. The first-order chi connectivity index (χ1) is 5.05. The molecule has 0 spiro atoms. The third kappa shape index (κ3) is 4.34. The van der Waals surface area contributed by atoms with Gasteiger partial charge in [-0.3, -0.25) is 0 Å². The van der Waals surface area contributed by atoms with Gasteiger partial charge in [0.1, 0.15) is 6.10 Å². The molecule has 11 heavy (non-hydrogen) atoms. The lowest BCUT2D eigenvalue weighted by Crippen LogP contribution is -2.35. The van der Waals surface area contributed by atoms with Gasteiger partial charge in [-0.15, -0.1) is 0 Å². The van der Waals surface area contributed by atoms with Crippen molar-refractivity contribution in [2.24, 2.45) is 0 Å². The van der Waals surface area contributed by atoms with Gasteiger partial charge in [0, 0.05) is 0 Å². The molecule has 0 rings (SSSR count). The highest BCUT2D eigenvalue weighted by Crippen LogP contribution is 2.14. The summed E-state index contributed by atoms with van der Waals surface area (Å²) >= 11 is 0. The molecule has 0 heterocycles. The van der Waals surface area contributed by atoms with E-state index in [1.54, 1.807) is 0 Å². The fourth-order valence-electron chi connectivity index (χ4n) is 0.493. The van der Waals surface area contributed by atoms with Crippen molar-refractivity contribution >= 4 is 7.85 Å². The number of hydrogen-bond donors (Lipinski definition) is 2. The second-order valence-corrected chi connectivity index (χ2v) is 2.24. The summed E-state index contributed by atoms with van der Waals surface area (Å²) < 4.78 is 17.3. The lowest BCUT2D eigenvalue weighted by atomic mass is 9.94. The molecule has 0 aromatic carbocycles. The summed E-state index contributed by atoms with van der Waals surface area (Å²) in [5, 5.41) is 17.0. The van der Waals surface area contributed by atoms with Crippen LogP contribution in [0.5, 0.6) is 0 Å². The van der Waals surface area contributed by atoms with Gasteiger partial charge in [0.2, 0.25) is 0 Å². The van der Waals surface area contributed by atoms with Gasteiger partial charge >= 0.3 is 0 Å². The molecule has 5 heteroatoms. The summed E-state index contributed by atoms with van der Waals surface area (Å²) in [6.07, 6.45) is -0.964. The van der Waals surface area contributed by atoms with Crippen LogP contribution in [0.15, 0.2) is 0 Å². The normalized spacial score (nSPS) is 16.8. The molecule has 64 valence electrons. The third-order valence-electron chi connectivity index (χ3n) is 1.25. The summed E-state index contributed by atoms with van der Waals surface area (Å²) in [6.45, 7) is 0.616. The highest BCUT2D eigenvalue weighted by molar-refractivity contribution is 6.13. The standard InChI is InChI=1S/C6H12BFO3/c1-2-6(7,8)11-5(3-9)4-10/h5,9-10H,2-4H2,1H3/t6-/m0/s1. The molecule has 3 nitrogen and oxygen atoms in total. The van der Waals surface area contributed by atoms with E-state index >= 15 is 0 Å². The molecule has 0 aliphatic rings. The Bertz CT molecular complexity index is 106. The summed E-state index contributed by atoms with van der Waals surface area (Å²) in [4.78, 5) is 0. The molecule has 0 amide bonds. The van der Waals surface area contributed by atoms with E-state index in [2.05, 4.69) is 4.74 Å². The fourth-order valence-corrected chi connectivity index (χ4v) is 0.493. The quantitative estimate of drug-likeness (QED) is 0.538. The Morgan fingerprint density at radius 3 is 2.27 bits per heavy atom. The van der Waals surface area contributed by atoms with E-state index in [4.69, 9.17) is 18.1 Å². The predicted octanol–water partition coefficient (Wildman–Crippen LogP) is -0.442. The number of ether oxygens (including phenoxy) is 1. The van der Waals surface area contributed by atoms with Gasteiger partial charge in [-0.2, -0.15) is 0 Å². The number of aliphatic hydroxyl groups excluding tert-OH is 2. The maximum Gasteiger partial charge on any atom is 0.161 e. The first-order valence-corrected chi connectivity index (χ1v) is 3.43. The van der Waals surface area contributed by atoms with Crippen LogP contribution in [0.2, 0.25) is 0 Å². The second kappa shape index (κ2) is 4.69. The van der Waals surface area contributed by atoms with Crippen LogP contribution in [-0.2, 0) is 4.74 Å². The summed E-state index contributed by atoms with van der Waals surface area (Å²) in [5.41, 5.74) is 0. The van der Waals surface area contributed by atoms with Crippen molar-refractivity contribution in [2.75, 3.05) is 13.2 Å². The van der Waals surface area contributed by atoms with Gasteiger partial charge < -0.3 is 14.9 Å². The Hall–Kier alpha value is -0.125. The maximum atomic E-state index is 12.8. The van der Waals surface area contributed by atoms with E-state index in [9.17, 15) is 4.39 Å². The van der Waals surface area contributed by atoms with Gasteiger partial charge in [-0.25, -0.2) is 4.39 Å². The van der Waals surface area contributed by atoms with Crippen molar-refractivity contribution < 1.29 is 19.3 Å². The molecule has 0 bridgehead atoms. The highest BCUT2D eigenvalue weighted by Gasteiger charge is 2.24. The number of hydrogen-bond acceptors (Lipinski definition) is 3. The van der Waals surface area contributed by atoms with Crippen LogP contribution >= 0.6 is 0 Å². The third-order valence-corrected chi connectivity index (χ3v) is 1.25. The van der Waals surface area contributed by atoms with Crippen LogP contribution in [0, 0.1) is 0 Å². The molecule has 0 saturated carbocycles. The van der Waals surface area contributed by atoms with Crippen LogP contribution in [0.1, 0.15) is 13.3 Å². The van der Waals surface area contributed by atoms with Crippen molar-refractivity contribution in [1.29, 1.82) is 0 Å². The van der Waals surface area contributed by atoms with E-state index in [-0.39, 0.29) is 6.42 Å². The molecule has 0 aromatic rings. The number of aliphatic hydroxyl groups is 2. The zero-order valence-electron chi connectivity index (χ0n) is 6.46. The first kappa shape index (κ1) is 10.9. The minimum atomic E-state index is -2.25. The van der Waals surface area contributed by atoms with E-state index in [1.807, 2.05) is 0 Å². The molecule has 0 unspecified atom stereocenters. The molecule has 0 aliphatic carbocycles. The van der Waals surface area contributed by atoms with Gasteiger partial charge in [-0.05, 0) is 6.42 Å². The van der Waals surface area contributed by atoms with Gasteiger partial charge in [0.15, 0.2) is 13.6 Å². The van der Waals surface area contributed by atoms with Crippen LogP contribution in [0.3, 0.4) is 0 Å². The van der Waals surface area contributed by atoms with Crippen molar-refractivity contribution in [1.82, 2.24) is 0 Å². The zero-order chi connectivity index (χ0) is 8.91. The van der Waals surface area contributed by atoms with E-state index in [1.165, 1.54) is 6.92 Å². The van der Waals surface area contributed by atoms with Crippen molar-refractivity contribution in [3.8, 4) is 0 Å². The molecule has 0 aromatic heterocycles. The fraction of sp³-hybridized carbons (Fsp3) is 1.00. The van der Waals surface area contributed by atoms with Gasteiger partial charge in [0.25, 0.3) is 0 Å². The average Bonchev–Trinajstić information content (AvgIpc) is 2.00. The Kier molecular flexibility index (Phi) is 4.64.